The molecule has 0 fully saturated rings. The fourth-order valence-corrected chi connectivity index (χ4v) is 2.63. The molecule has 1 heterocycles. The van der Waals surface area contributed by atoms with Gasteiger partial charge in [-0.2, -0.15) is 0 Å². The lowest BCUT2D eigenvalue weighted by Gasteiger charge is -2.13. The average molecular weight is 311 g/mol. The molecule has 3 nitrogen and oxygen atoms in total. The fourth-order valence-electron chi connectivity index (χ4n) is 2.63. The van der Waals surface area contributed by atoms with Gasteiger partial charge in [-0.3, -0.25) is 4.79 Å². The maximum absolute atomic E-state index is 12.9. The monoisotopic (exact) mass is 311 g/mol. The zero-order chi connectivity index (χ0) is 16.2. The summed E-state index contributed by atoms with van der Waals surface area (Å²) in [5.74, 6) is -0.557. The minimum absolute atomic E-state index is 0.257. The van der Waals surface area contributed by atoms with Crippen molar-refractivity contribution in [2.45, 2.75) is 25.9 Å². The van der Waals surface area contributed by atoms with Gasteiger partial charge in [-0.05, 0) is 42.7 Å². The molecule has 23 heavy (non-hydrogen) atoms. The molecule has 3 rings (SSSR count). The summed E-state index contributed by atoms with van der Waals surface area (Å²) in [7, 11) is 0. The van der Waals surface area contributed by atoms with Gasteiger partial charge in [0.25, 0.3) is 0 Å². The third kappa shape index (κ3) is 3.59. The van der Waals surface area contributed by atoms with E-state index in [9.17, 15) is 9.18 Å². The molecule has 0 aliphatic carbocycles. The van der Waals surface area contributed by atoms with E-state index in [1.807, 2.05) is 30.5 Å². The normalized spacial score (nSPS) is 12.3. The predicted octanol–water partition coefficient (Wildman–Crippen LogP) is 4.54. The number of rotatable bonds is 5. The summed E-state index contributed by atoms with van der Waals surface area (Å²) in [4.78, 5) is 15.2. The minimum Gasteiger partial charge on any atom is -0.458 e. The van der Waals surface area contributed by atoms with Crippen molar-refractivity contribution in [3.05, 3.63) is 71.7 Å². The van der Waals surface area contributed by atoms with Crippen LogP contribution in [-0.2, 0) is 16.0 Å². The Labute approximate surface area is 134 Å². The van der Waals surface area contributed by atoms with Crippen molar-refractivity contribution in [1.82, 2.24) is 4.98 Å². The maximum Gasteiger partial charge on any atom is 0.306 e. The van der Waals surface area contributed by atoms with Crippen molar-refractivity contribution in [2.24, 2.45) is 0 Å². The molecule has 4 heteroatoms. The number of aromatic amines is 1. The van der Waals surface area contributed by atoms with E-state index in [1.165, 1.54) is 12.1 Å². The Morgan fingerprint density at radius 2 is 1.91 bits per heavy atom. The molecule has 118 valence electrons. The third-order valence-electron chi connectivity index (χ3n) is 3.92. The summed E-state index contributed by atoms with van der Waals surface area (Å²) in [6.07, 6.45) is 2.49. The molecule has 0 unspecified atom stereocenters. The number of carbonyl (C=O) groups is 1. The number of fused-ring (bicyclic) bond motifs is 1. The van der Waals surface area contributed by atoms with Gasteiger partial charge in [0.2, 0.25) is 0 Å². The third-order valence-corrected chi connectivity index (χ3v) is 3.92. The van der Waals surface area contributed by atoms with Gasteiger partial charge in [-0.1, -0.05) is 30.3 Å². The van der Waals surface area contributed by atoms with Crippen LogP contribution in [0.4, 0.5) is 4.39 Å². The Kier molecular flexibility index (Phi) is 4.42. The largest absolute Gasteiger partial charge is 0.458 e. The van der Waals surface area contributed by atoms with Crippen LogP contribution in [0.15, 0.2) is 54.7 Å². The summed E-state index contributed by atoms with van der Waals surface area (Å²) < 4.78 is 18.3. The first-order valence-electron chi connectivity index (χ1n) is 7.63. The molecule has 0 spiro atoms. The zero-order valence-electron chi connectivity index (χ0n) is 12.9. The number of hydrogen-bond acceptors (Lipinski definition) is 2. The van der Waals surface area contributed by atoms with Crippen LogP contribution in [0.3, 0.4) is 0 Å². The SMILES string of the molecule is C[C@@H](OC(=O)CCc1c[nH]c2ccccc12)c1ccc(F)cc1. The Hall–Kier alpha value is -2.62. The van der Waals surface area contributed by atoms with Crippen LogP contribution < -0.4 is 0 Å². The quantitative estimate of drug-likeness (QED) is 0.703. The van der Waals surface area contributed by atoms with Gasteiger partial charge in [0.05, 0.1) is 0 Å². The molecule has 1 N–H and O–H groups in total. The van der Waals surface area contributed by atoms with Gasteiger partial charge < -0.3 is 9.72 Å². The van der Waals surface area contributed by atoms with Crippen LogP contribution in [0.25, 0.3) is 10.9 Å². The number of carbonyl (C=O) groups excluding carboxylic acids is 1. The van der Waals surface area contributed by atoms with Crippen LogP contribution in [0.5, 0.6) is 0 Å². The second-order valence-electron chi connectivity index (χ2n) is 5.54. The van der Waals surface area contributed by atoms with Crippen molar-refractivity contribution in [1.29, 1.82) is 0 Å². The van der Waals surface area contributed by atoms with E-state index in [0.29, 0.717) is 12.8 Å². The second-order valence-corrected chi connectivity index (χ2v) is 5.54. The summed E-state index contributed by atoms with van der Waals surface area (Å²) in [6.45, 7) is 1.79. The van der Waals surface area contributed by atoms with Crippen molar-refractivity contribution in [3.63, 3.8) is 0 Å². The standard InChI is InChI=1S/C19H18FNO2/c1-13(14-6-9-16(20)10-7-14)23-19(22)11-8-15-12-21-18-5-3-2-4-17(15)18/h2-7,9-10,12-13,21H,8,11H2,1H3/t13-/m1/s1. The van der Waals surface area contributed by atoms with E-state index in [0.717, 1.165) is 22.0 Å². The van der Waals surface area contributed by atoms with E-state index in [-0.39, 0.29) is 17.9 Å². The number of halogens is 1. The summed E-state index contributed by atoms with van der Waals surface area (Å²) in [5, 5.41) is 1.13. The molecule has 1 atom stereocenters. The average Bonchev–Trinajstić information content (AvgIpc) is 2.97. The molecule has 3 aromatic rings. The van der Waals surface area contributed by atoms with Gasteiger partial charge in [-0.15, -0.1) is 0 Å². The molecular formula is C19H18FNO2. The predicted molar refractivity (Wildman–Crippen MR) is 87.5 cm³/mol. The number of aromatic nitrogens is 1. The van der Waals surface area contributed by atoms with Crippen LogP contribution in [-0.4, -0.2) is 11.0 Å². The molecule has 1 aromatic heterocycles. The van der Waals surface area contributed by atoms with Crippen molar-refractivity contribution in [2.75, 3.05) is 0 Å². The summed E-state index contributed by atoms with van der Waals surface area (Å²) >= 11 is 0. The molecule has 0 amide bonds. The molecule has 0 aliphatic heterocycles. The number of hydrogen-bond donors (Lipinski definition) is 1. The minimum atomic E-state index is -0.383. The first-order chi connectivity index (χ1) is 11.1. The first kappa shape index (κ1) is 15.3. The van der Waals surface area contributed by atoms with Gasteiger partial charge in [0, 0.05) is 23.5 Å². The topological polar surface area (TPSA) is 42.1 Å². The highest BCUT2D eigenvalue weighted by atomic mass is 19.1. The van der Waals surface area contributed by atoms with Crippen LogP contribution in [0, 0.1) is 5.82 Å². The van der Waals surface area contributed by atoms with Crippen LogP contribution in [0.1, 0.15) is 30.6 Å². The summed E-state index contributed by atoms with van der Waals surface area (Å²) in [5.41, 5.74) is 2.95. The van der Waals surface area contributed by atoms with Gasteiger partial charge >= 0.3 is 5.97 Å². The van der Waals surface area contributed by atoms with E-state index in [2.05, 4.69) is 4.98 Å². The highest BCUT2D eigenvalue weighted by Crippen LogP contribution is 2.21. The van der Waals surface area contributed by atoms with E-state index >= 15 is 0 Å². The first-order valence-corrected chi connectivity index (χ1v) is 7.63. The van der Waals surface area contributed by atoms with Gasteiger partial charge in [-0.25, -0.2) is 4.39 Å². The number of aryl methyl sites for hydroxylation is 1. The molecule has 0 bridgehead atoms. The smallest absolute Gasteiger partial charge is 0.306 e. The molecule has 0 radical (unpaired) electrons. The zero-order valence-corrected chi connectivity index (χ0v) is 12.9. The summed E-state index contributed by atoms with van der Waals surface area (Å²) in [6, 6.07) is 14.0. The van der Waals surface area contributed by atoms with Crippen molar-refractivity contribution < 1.29 is 13.9 Å². The molecule has 0 saturated carbocycles. The molecule has 0 saturated heterocycles. The van der Waals surface area contributed by atoms with E-state index in [1.54, 1.807) is 19.1 Å². The van der Waals surface area contributed by atoms with E-state index < -0.39 is 0 Å². The Morgan fingerprint density at radius 3 is 2.70 bits per heavy atom. The Balaban J connectivity index is 1.58. The Morgan fingerprint density at radius 1 is 1.17 bits per heavy atom. The number of ether oxygens (including phenoxy) is 1. The lowest BCUT2D eigenvalue weighted by Crippen LogP contribution is -2.09. The highest BCUT2D eigenvalue weighted by Gasteiger charge is 2.13. The number of esters is 1. The maximum atomic E-state index is 12.9. The van der Waals surface area contributed by atoms with Crippen LogP contribution in [0.2, 0.25) is 0 Å². The molecule has 0 aliphatic rings. The van der Waals surface area contributed by atoms with Crippen LogP contribution >= 0.6 is 0 Å². The fraction of sp³-hybridized carbons (Fsp3) is 0.211. The number of nitrogens with one attached hydrogen (secondary N) is 1. The Bertz CT molecular complexity index is 808. The number of benzene rings is 2. The highest BCUT2D eigenvalue weighted by molar-refractivity contribution is 5.83. The van der Waals surface area contributed by atoms with E-state index in [4.69, 9.17) is 4.74 Å². The van der Waals surface area contributed by atoms with Crippen molar-refractivity contribution >= 4 is 16.9 Å². The number of H-pyrrole nitrogens is 1. The van der Waals surface area contributed by atoms with Gasteiger partial charge in [0.15, 0.2) is 0 Å². The molecular weight excluding hydrogens is 293 g/mol. The molecule has 2 aromatic carbocycles. The lowest BCUT2D eigenvalue weighted by molar-refractivity contribution is -0.148. The van der Waals surface area contributed by atoms with Crippen molar-refractivity contribution in [3.8, 4) is 0 Å². The van der Waals surface area contributed by atoms with Gasteiger partial charge in [0.1, 0.15) is 11.9 Å². The lowest BCUT2D eigenvalue weighted by atomic mass is 10.1. The number of para-hydroxylation sites is 1. The second kappa shape index (κ2) is 6.65.